The molecular formula is C17H23NO2S. The number of carbonyl (C=O) groups excluding carboxylic acids is 1. The molecule has 1 aromatic carbocycles. The molecule has 0 saturated heterocycles. The van der Waals surface area contributed by atoms with E-state index in [1.807, 2.05) is 12.1 Å². The van der Waals surface area contributed by atoms with Gasteiger partial charge in [-0.1, -0.05) is 37.1 Å². The van der Waals surface area contributed by atoms with Gasteiger partial charge in [0.05, 0.1) is 6.10 Å². The Morgan fingerprint density at radius 3 is 2.90 bits per heavy atom. The zero-order chi connectivity index (χ0) is 14.7. The van der Waals surface area contributed by atoms with Crippen LogP contribution >= 0.6 is 11.8 Å². The van der Waals surface area contributed by atoms with Crippen LogP contribution in [-0.4, -0.2) is 29.4 Å². The van der Waals surface area contributed by atoms with E-state index >= 15 is 0 Å². The second-order valence-electron chi connectivity index (χ2n) is 6.06. The first-order valence-corrected chi connectivity index (χ1v) is 8.96. The summed E-state index contributed by atoms with van der Waals surface area (Å²) in [5, 5.41) is 13.0. The van der Waals surface area contributed by atoms with Crippen LogP contribution in [0, 0.1) is 5.92 Å². The molecule has 3 rings (SSSR count). The first kappa shape index (κ1) is 14.9. The first-order valence-electron chi connectivity index (χ1n) is 7.91. The van der Waals surface area contributed by atoms with Crippen LogP contribution in [0.4, 0.5) is 0 Å². The van der Waals surface area contributed by atoms with Crippen molar-refractivity contribution >= 4 is 17.7 Å². The number of rotatable bonds is 4. The number of hydrogen-bond acceptors (Lipinski definition) is 3. The lowest BCUT2D eigenvalue weighted by Crippen LogP contribution is -2.38. The molecule has 1 saturated carbocycles. The van der Waals surface area contributed by atoms with Crippen molar-refractivity contribution in [3.63, 3.8) is 0 Å². The predicted molar refractivity (Wildman–Crippen MR) is 86.3 cm³/mol. The highest BCUT2D eigenvalue weighted by atomic mass is 32.2. The maximum atomic E-state index is 12.4. The Morgan fingerprint density at radius 2 is 2.10 bits per heavy atom. The summed E-state index contributed by atoms with van der Waals surface area (Å²) < 4.78 is 0. The fraction of sp³-hybridized carbons (Fsp3) is 0.588. The quantitative estimate of drug-likeness (QED) is 0.899. The summed E-state index contributed by atoms with van der Waals surface area (Å²) in [5.41, 5.74) is 2.43. The van der Waals surface area contributed by atoms with Gasteiger partial charge < -0.3 is 10.4 Å². The molecule has 0 unspecified atom stereocenters. The van der Waals surface area contributed by atoms with E-state index in [1.165, 1.54) is 18.4 Å². The van der Waals surface area contributed by atoms with Crippen molar-refractivity contribution in [3.8, 4) is 0 Å². The molecule has 0 radical (unpaired) electrons. The molecule has 1 aliphatic carbocycles. The second-order valence-corrected chi connectivity index (χ2v) is 7.27. The van der Waals surface area contributed by atoms with Gasteiger partial charge in [-0.25, -0.2) is 0 Å². The molecule has 4 heteroatoms. The minimum absolute atomic E-state index is 0.0456. The molecule has 2 N–H and O–H groups in total. The van der Waals surface area contributed by atoms with Gasteiger partial charge in [0, 0.05) is 6.54 Å². The van der Waals surface area contributed by atoms with Crippen LogP contribution in [0.2, 0.25) is 0 Å². The molecule has 114 valence electrons. The molecule has 2 atom stereocenters. The van der Waals surface area contributed by atoms with Gasteiger partial charge in [-0.2, -0.15) is 0 Å². The SMILES string of the molecule is O=C(NC[C@@H](O)C1CCCC1)[C@H]1SCCc2ccccc21. The third-order valence-electron chi connectivity index (χ3n) is 4.66. The number of nitrogens with one attached hydrogen (secondary N) is 1. The Kier molecular flexibility index (Phi) is 4.86. The standard InChI is InChI=1S/C17H23NO2S/c19-15(13-6-1-2-7-13)11-18-17(20)16-14-8-4-3-5-12(14)9-10-21-16/h3-5,8,13,15-16,19H,1-2,6-7,9-11H2,(H,18,20)/t15-,16+/m1/s1. The maximum absolute atomic E-state index is 12.4. The van der Waals surface area contributed by atoms with Crippen LogP contribution in [0.15, 0.2) is 24.3 Å². The molecule has 0 aromatic heterocycles. The van der Waals surface area contributed by atoms with Crippen LogP contribution in [-0.2, 0) is 11.2 Å². The highest BCUT2D eigenvalue weighted by molar-refractivity contribution is 8.00. The molecule has 1 aliphatic heterocycles. The molecule has 21 heavy (non-hydrogen) atoms. The van der Waals surface area contributed by atoms with E-state index < -0.39 is 0 Å². The number of benzene rings is 1. The highest BCUT2D eigenvalue weighted by Crippen LogP contribution is 2.36. The van der Waals surface area contributed by atoms with Gasteiger partial charge in [0.15, 0.2) is 0 Å². The van der Waals surface area contributed by atoms with Gasteiger partial charge in [0.2, 0.25) is 5.91 Å². The molecule has 2 aliphatic rings. The molecule has 0 bridgehead atoms. The Labute approximate surface area is 130 Å². The lowest BCUT2D eigenvalue weighted by atomic mass is 10.00. The molecule has 1 heterocycles. The van der Waals surface area contributed by atoms with Crippen molar-refractivity contribution in [1.82, 2.24) is 5.32 Å². The number of hydrogen-bond donors (Lipinski definition) is 2. The second kappa shape index (κ2) is 6.84. The highest BCUT2D eigenvalue weighted by Gasteiger charge is 2.28. The monoisotopic (exact) mass is 305 g/mol. The van der Waals surface area contributed by atoms with Crippen molar-refractivity contribution in [1.29, 1.82) is 0 Å². The Bertz CT molecular complexity index is 499. The van der Waals surface area contributed by atoms with E-state index in [-0.39, 0.29) is 17.3 Å². The van der Waals surface area contributed by atoms with Crippen molar-refractivity contribution in [2.75, 3.05) is 12.3 Å². The van der Waals surface area contributed by atoms with Gasteiger partial charge in [0.1, 0.15) is 5.25 Å². The minimum atomic E-state index is -0.389. The zero-order valence-electron chi connectivity index (χ0n) is 12.3. The summed E-state index contributed by atoms with van der Waals surface area (Å²) >= 11 is 1.70. The Morgan fingerprint density at radius 1 is 1.33 bits per heavy atom. The maximum Gasteiger partial charge on any atom is 0.237 e. The summed E-state index contributed by atoms with van der Waals surface area (Å²) in [6, 6.07) is 8.20. The van der Waals surface area contributed by atoms with Crippen LogP contribution in [0.5, 0.6) is 0 Å². The smallest absolute Gasteiger partial charge is 0.237 e. The fourth-order valence-corrected chi connectivity index (χ4v) is 4.64. The van der Waals surface area contributed by atoms with Crippen molar-refractivity contribution in [2.24, 2.45) is 5.92 Å². The number of fused-ring (bicyclic) bond motifs is 1. The van der Waals surface area contributed by atoms with Gasteiger partial charge in [-0.05, 0) is 42.1 Å². The van der Waals surface area contributed by atoms with Crippen molar-refractivity contribution < 1.29 is 9.90 Å². The molecule has 0 spiro atoms. The van der Waals surface area contributed by atoms with Gasteiger partial charge >= 0.3 is 0 Å². The zero-order valence-corrected chi connectivity index (χ0v) is 13.1. The van der Waals surface area contributed by atoms with E-state index in [1.54, 1.807) is 11.8 Å². The fourth-order valence-electron chi connectivity index (χ4n) is 3.42. The first-order chi connectivity index (χ1) is 10.3. The van der Waals surface area contributed by atoms with Crippen molar-refractivity contribution in [3.05, 3.63) is 35.4 Å². The van der Waals surface area contributed by atoms with E-state index in [0.717, 1.165) is 30.6 Å². The molecule has 1 aromatic rings. The van der Waals surface area contributed by atoms with Gasteiger partial charge in [-0.15, -0.1) is 11.8 Å². The summed E-state index contributed by atoms with van der Waals surface area (Å²) in [7, 11) is 0. The van der Waals surface area contributed by atoms with Crippen LogP contribution < -0.4 is 5.32 Å². The predicted octanol–water partition coefficient (Wildman–Crippen LogP) is 2.68. The third-order valence-corrected chi connectivity index (χ3v) is 5.90. The minimum Gasteiger partial charge on any atom is -0.391 e. The average Bonchev–Trinajstić information content (AvgIpc) is 3.06. The Balaban J connectivity index is 1.58. The topological polar surface area (TPSA) is 49.3 Å². The largest absolute Gasteiger partial charge is 0.391 e. The van der Waals surface area contributed by atoms with E-state index in [0.29, 0.717) is 12.5 Å². The van der Waals surface area contributed by atoms with Crippen LogP contribution in [0.1, 0.15) is 42.1 Å². The average molecular weight is 305 g/mol. The van der Waals surface area contributed by atoms with E-state index in [2.05, 4.69) is 17.4 Å². The van der Waals surface area contributed by atoms with Crippen LogP contribution in [0.3, 0.4) is 0 Å². The van der Waals surface area contributed by atoms with Gasteiger partial charge in [0.25, 0.3) is 0 Å². The number of thioether (sulfide) groups is 1. The molecule has 1 fully saturated rings. The van der Waals surface area contributed by atoms with Crippen LogP contribution in [0.25, 0.3) is 0 Å². The number of carbonyl (C=O) groups is 1. The number of aliphatic hydroxyl groups excluding tert-OH is 1. The molecule has 1 amide bonds. The van der Waals surface area contributed by atoms with E-state index in [9.17, 15) is 9.90 Å². The Hall–Kier alpha value is -1.00. The lowest BCUT2D eigenvalue weighted by molar-refractivity contribution is -0.121. The normalized spacial score (nSPS) is 23.6. The summed E-state index contributed by atoms with van der Waals surface area (Å²) in [6.45, 7) is 0.392. The molecular weight excluding hydrogens is 282 g/mol. The summed E-state index contributed by atoms with van der Waals surface area (Å²) in [6.07, 6.45) is 5.26. The summed E-state index contributed by atoms with van der Waals surface area (Å²) in [5.74, 6) is 1.40. The summed E-state index contributed by atoms with van der Waals surface area (Å²) in [4.78, 5) is 12.4. The molecule has 3 nitrogen and oxygen atoms in total. The third kappa shape index (κ3) is 3.43. The van der Waals surface area contributed by atoms with Crippen molar-refractivity contribution in [2.45, 2.75) is 43.5 Å². The number of aliphatic hydroxyl groups is 1. The number of aryl methyl sites for hydroxylation is 1. The van der Waals surface area contributed by atoms with Gasteiger partial charge in [-0.3, -0.25) is 4.79 Å². The number of amides is 1. The lowest BCUT2D eigenvalue weighted by Gasteiger charge is -2.25. The van der Waals surface area contributed by atoms with E-state index in [4.69, 9.17) is 0 Å².